The van der Waals surface area contributed by atoms with Gasteiger partial charge in [-0.2, -0.15) is 17.6 Å². The minimum Gasteiger partial charge on any atom is -0.435 e. The van der Waals surface area contributed by atoms with Gasteiger partial charge < -0.3 is 25.2 Å². The van der Waals surface area contributed by atoms with Gasteiger partial charge in [-0.3, -0.25) is 0 Å². The van der Waals surface area contributed by atoms with E-state index in [9.17, 15) is 22.7 Å². The fraction of sp³-hybridized carbons (Fsp3) is 0.350. The summed E-state index contributed by atoms with van der Waals surface area (Å²) in [7, 11) is 0. The number of rotatable bonds is 10. The van der Waals surface area contributed by atoms with E-state index in [0.29, 0.717) is 23.6 Å². The standard InChI is InChI=1S/C20H23F4N3O3.HI/c1-2-25-20(26-11-13-4-3-5-16(10-13)30-19(23)24)27-12-17(28)14-6-8-15(9-7-14)29-18(21)22;/h3-10,17-19,28H,2,11-12H2,1H3,(H2,25,26,27);1H. The number of aliphatic imine (C=N–C) groups is 1. The number of aliphatic hydroxyl groups is 1. The first kappa shape index (κ1) is 26.8. The van der Waals surface area contributed by atoms with Crippen LogP contribution in [0.3, 0.4) is 0 Å². The Balaban J connectivity index is 0.00000480. The summed E-state index contributed by atoms with van der Waals surface area (Å²) in [4.78, 5) is 4.35. The summed E-state index contributed by atoms with van der Waals surface area (Å²) in [6, 6.07) is 11.9. The largest absolute Gasteiger partial charge is 0.435 e. The first-order valence-corrected chi connectivity index (χ1v) is 9.16. The van der Waals surface area contributed by atoms with E-state index in [4.69, 9.17) is 0 Å². The van der Waals surface area contributed by atoms with Crippen LogP contribution in [0.25, 0.3) is 0 Å². The number of aliphatic hydroxyl groups excluding tert-OH is 1. The number of benzene rings is 2. The summed E-state index contributed by atoms with van der Waals surface area (Å²) in [6.07, 6.45) is -0.919. The molecule has 1 unspecified atom stereocenters. The first-order valence-electron chi connectivity index (χ1n) is 9.16. The van der Waals surface area contributed by atoms with Crippen molar-refractivity contribution >= 4 is 29.9 Å². The molecule has 0 saturated carbocycles. The SMILES string of the molecule is CCNC(=NCc1cccc(OC(F)F)c1)NCC(O)c1ccc(OC(F)F)cc1.I. The lowest BCUT2D eigenvalue weighted by Gasteiger charge is -2.16. The second kappa shape index (κ2) is 13.9. The van der Waals surface area contributed by atoms with Crippen LogP contribution in [0.2, 0.25) is 0 Å². The molecule has 0 aliphatic carbocycles. The number of hydrogen-bond donors (Lipinski definition) is 3. The Labute approximate surface area is 194 Å². The number of ether oxygens (including phenoxy) is 2. The molecule has 0 bridgehead atoms. The maximum atomic E-state index is 12.3. The van der Waals surface area contributed by atoms with Crippen molar-refractivity contribution in [1.29, 1.82) is 0 Å². The molecule has 0 spiro atoms. The third kappa shape index (κ3) is 10.0. The number of guanidine groups is 1. The van der Waals surface area contributed by atoms with Crippen LogP contribution in [0.1, 0.15) is 24.2 Å². The van der Waals surface area contributed by atoms with Crippen LogP contribution in [-0.4, -0.2) is 37.4 Å². The minimum atomic E-state index is -2.91. The third-order valence-electron chi connectivity index (χ3n) is 3.84. The van der Waals surface area contributed by atoms with Crippen molar-refractivity contribution in [3.63, 3.8) is 0 Å². The molecule has 0 radical (unpaired) electrons. The van der Waals surface area contributed by atoms with Crippen molar-refractivity contribution in [3.8, 4) is 11.5 Å². The monoisotopic (exact) mass is 557 g/mol. The molecule has 11 heteroatoms. The van der Waals surface area contributed by atoms with Crippen LogP contribution in [0, 0.1) is 0 Å². The normalized spacial score (nSPS) is 12.3. The van der Waals surface area contributed by atoms with Crippen molar-refractivity contribution < 1.29 is 32.1 Å². The molecule has 0 aliphatic heterocycles. The second-order valence-corrected chi connectivity index (χ2v) is 6.07. The van der Waals surface area contributed by atoms with Gasteiger partial charge in [0.05, 0.1) is 12.6 Å². The molecule has 31 heavy (non-hydrogen) atoms. The highest BCUT2D eigenvalue weighted by Crippen LogP contribution is 2.19. The number of nitrogens with zero attached hydrogens (tertiary/aromatic N) is 1. The number of halogens is 5. The Kier molecular flexibility index (Phi) is 12.0. The van der Waals surface area contributed by atoms with Crippen LogP contribution in [0.15, 0.2) is 53.5 Å². The van der Waals surface area contributed by atoms with Gasteiger partial charge >= 0.3 is 13.2 Å². The van der Waals surface area contributed by atoms with E-state index in [-0.39, 0.29) is 48.6 Å². The first-order chi connectivity index (χ1) is 14.4. The van der Waals surface area contributed by atoms with Gasteiger partial charge in [-0.15, -0.1) is 24.0 Å². The Morgan fingerprint density at radius 2 is 1.61 bits per heavy atom. The summed E-state index contributed by atoms with van der Waals surface area (Å²) in [5.41, 5.74) is 1.18. The molecule has 1 atom stereocenters. The molecule has 172 valence electrons. The lowest BCUT2D eigenvalue weighted by atomic mass is 10.1. The molecule has 0 amide bonds. The maximum absolute atomic E-state index is 12.3. The Hall–Kier alpha value is -2.28. The van der Waals surface area contributed by atoms with Crippen molar-refractivity contribution in [2.45, 2.75) is 32.8 Å². The molecule has 0 aliphatic rings. The fourth-order valence-corrected chi connectivity index (χ4v) is 2.51. The summed E-state index contributed by atoms with van der Waals surface area (Å²) in [6.45, 7) is -3.08. The van der Waals surface area contributed by atoms with Crippen molar-refractivity contribution in [3.05, 3.63) is 59.7 Å². The predicted octanol–water partition coefficient (Wildman–Crippen LogP) is 4.30. The molecular formula is C20H24F4IN3O3. The second-order valence-electron chi connectivity index (χ2n) is 6.07. The summed E-state index contributed by atoms with van der Waals surface area (Å²) in [5, 5.41) is 16.3. The van der Waals surface area contributed by atoms with Gasteiger partial charge in [-0.1, -0.05) is 24.3 Å². The van der Waals surface area contributed by atoms with Crippen molar-refractivity contribution in [1.82, 2.24) is 10.6 Å². The van der Waals surface area contributed by atoms with Gasteiger partial charge in [-0.25, -0.2) is 4.99 Å². The lowest BCUT2D eigenvalue weighted by molar-refractivity contribution is -0.0505. The molecule has 0 aromatic heterocycles. The molecule has 0 saturated heterocycles. The number of hydrogen-bond acceptors (Lipinski definition) is 4. The average Bonchev–Trinajstić information content (AvgIpc) is 2.70. The topological polar surface area (TPSA) is 75.1 Å². The van der Waals surface area contributed by atoms with Crippen molar-refractivity contribution in [2.24, 2.45) is 4.99 Å². The molecule has 2 aromatic rings. The summed E-state index contributed by atoms with van der Waals surface area (Å²) < 4.78 is 57.7. The zero-order chi connectivity index (χ0) is 21.9. The van der Waals surface area contributed by atoms with E-state index < -0.39 is 19.3 Å². The highest BCUT2D eigenvalue weighted by atomic mass is 127. The zero-order valence-corrected chi connectivity index (χ0v) is 18.9. The molecule has 0 fully saturated rings. The van der Waals surface area contributed by atoms with Crippen LogP contribution in [-0.2, 0) is 6.54 Å². The molecule has 6 nitrogen and oxygen atoms in total. The zero-order valence-electron chi connectivity index (χ0n) is 16.6. The molecule has 0 heterocycles. The Morgan fingerprint density at radius 1 is 0.968 bits per heavy atom. The van der Waals surface area contributed by atoms with E-state index in [1.54, 1.807) is 12.1 Å². The van der Waals surface area contributed by atoms with Crippen LogP contribution >= 0.6 is 24.0 Å². The quantitative estimate of drug-likeness (QED) is 0.176. The average molecular weight is 557 g/mol. The van der Waals surface area contributed by atoms with E-state index in [1.165, 1.54) is 36.4 Å². The van der Waals surface area contributed by atoms with Crippen LogP contribution in [0.5, 0.6) is 11.5 Å². The van der Waals surface area contributed by atoms with E-state index in [2.05, 4.69) is 25.1 Å². The van der Waals surface area contributed by atoms with E-state index in [0.717, 1.165) is 0 Å². The van der Waals surface area contributed by atoms with Gasteiger partial charge in [0.15, 0.2) is 5.96 Å². The Bertz CT molecular complexity index is 811. The highest BCUT2D eigenvalue weighted by Gasteiger charge is 2.10. The lowest BCUT2D eigenvalue weighted by Crippen LogP contribution is -2.39. The number of nitrogens with one attached hydrogen (secondary N) is 2. The van der Waals surface area contributed by atoms with Gasteiger partial charge in [0, 0.05) is 13.1 Å². The van der Waals surface area contributed by atoms with Gasteiger partial charge in [-0.05, 0) is 42.3 Å². The van der Waals surface area contributed by atoms with Gasteiger partial charge in [0.1, 0.15) is 11.5 Å². The predicted molar refractivity (Wildman–Crippen MR) is 119 cm³/mol. The smallest absolute Gasteiger partial charge is 0.387 e. The third-order valence-corrected chi connectivity index (χ3v) is 3.84. The highest BCUT2D eigenvalue weighted by molar-refractivity contribution is 14.0. The van der Waals surface area contributed by atoms with Crippen LogP contribution in [0.4, 0.5) is 17.6 Å². The molecule has 2 aromatic carbocycles. The number of alkyl halides is 4. The summed E-state index contributed by atoms with van der Waals surface area (Å²) in [5.74, 6) is 0.460. The fourth-order valence-electron chi connectivity index (χ4n) is 2.51. The van der Waals surface area contributed by atoms with Gasteiger partial charge in [0.25, 0.3) is 0 Å². The molecule has 3 N–H and O–H groups in total. The Morgan fingerprint density at radius 3 is 2.23 bits per heavy atom. The molecular weight excluding hydrogens is 533 g/mol. The minimum absolute atomic E-state index is 0. The maximum Gasteiger partial charge on any atom is 0.387 e. The van der Waals surface area contributed by atoms with Crippen molar-refractivity contribution in [2.75, 3.05) is 13.1 Å². The molecule has 2 rings (SSSR count). The summed E-state index contributed by atoms with van der Waals surface area (Å²) >= 11 is 0. The van der Waals surface area contributed by atoms with E-state index in [1.807, 2.05) is 6.92 Å². The van der Waals surface area contributed by atoms with Crippen LogP contribution < -0.4 is 20.1 Å². The van der Waals surface area contributed by atoms with Gasteiger partial charge in [0.2, 0.25) is 0 Å². The van der Waals surface area contributed by atoms with E-state index >= 15 is 0 Å².